The first-order valence-electron chi connectivity index (χ1n) is 7.46. The largest absolute Gasteiger partial charge is 0.465 e. The Morgan fingerprint density at radius 2 is 1.88 bits per heavy atom. The molecule has 2 aromatic rings. The molecule has 132 valence electrons. The number of halogens is 1. The van der Waals surface area contributed by atoms with Crippen molar-refractivity contribution in [1.29, 1.82) is 0 Å². The lowest BCUT2D eigenvalue weighted by molar-refractivity contribution is -0.115. The minimum absolute atomic E-state index is 0.179. The van der Waals surface area contributed by atoms with E-state index in [1.54, 1.807) is 38.1 Å². The number of methoxy groups -OCH3 is 1. The molecule has 8 heteroatoms. The topological polar surface area (TPSA) is 84.5 Å². The Morgan fingerprint density at radius 1 is 1.20 bits per heavy atom. The number of anilines is 2. The number of thiophene rings is 1. The third kappa shape index (κ3) is 4.18. The van der Waals surface area contributed by atoms with Crippen molar-refractivity contribution >= 4 is 51.4 Å². The Labute approximate surface area is 154 Å². The van der Waals surface area contributed by atoms with Gasteiger partial charge in [-0.2, -0.15) is 0 Å². The molecule has 0 aliphatic rings. The number of esters is 1. The Morgan fingerprint density at radius 3 is 2.48 bits per heavy atom. The molecule has 0 fully saturated rings. The highest BCUT2D eigenvalue weighted by Crippen LogP contribution is 2.34. The van der Waals surface area contributed by atoms with Crippen LogP contribution in [-0.4, -0.2) is 24.9 Å². The van der Waals surface area contributed by atoms with Crippen LogP contribution in [0.15, 0.2) is 24.3 Å². The fraction of sp³-hybridized carbons (Fsp3) is 0.235. The number of rotatable bonds is 5. The number of nitrogens with one attached hydrogen (secondary N) is 2. The van der Waals surface area contributed by atoms with Gasteiger partial charge in [-0.15, -0.1) is 11.3 Å². The fourth-order valence-electron chi connectivity index (χ4n) is 2.12. The van der Waals surface area contributed by atoms with Crippen molar-refractivity contribution in [3.8, 4) is 0 Å². The zero-order valence-corrected chi connectivity index (χ0v) is 15.5. The molecule has 0 saturated heterocycles. The maximum atomic E-state index is 12.6. The standard InChI is InChI=1S/C17H17ClN2O4S/c1-4-12(21)20-16-13(17(23)24-3)9(2)14(25-16)15(22)19-11-8-6-5-7-10(11)18/h5-8H,4H2,1-3H3,(H,19,22)(H,20,21). The lowest BCUT2D eigenvalue weighted by Gasteiger charge is -2.06. The summed E-state index contributed by atoms with van der Waals surface area (Å²) in [5.41, 5.74) is 1.08. The fourth-order valence-corrected chi connectivity index (χ4v) is 3.41. The number of carbonyl (C=O) groups is 3. The molecular weight excluding hydrogens is 364 g/mol. The molecule has 0 aliphatic carbocycles. The van der Waals surface area contributed by atoms with Crippen molar-refractivity contribution in [2.75, 3.05) is 17.7 Å². The maximum Gasteiger partial charge on any atom is 0.341 e. The van der Waals surface area contributed by atoms with E-state index in [4.69, 9.17) is 16.3 Å². The lowest BCUT2D eigenvalue weighted by atomic mass is 10.1. The van der Waals surface area contributed by atoms with Gasteiger partial charge in [0.15, 0.2) is 0 Å². The smallest absolute Gasteiger partial charge is 0.341 e. The second-order valence-corrected chi connectivity index (χ2v) is 6.52. The number of carbonyl (C=O) groups excluding carboxylic acids is 3. The summed E-state index contributed by atoms with van der Waals surface area (Å²) in [5.74, 6) is -1.29. The van der Waals surface area contributed by atoms with Crippen LogP contribution in [0.25, 0.3) is 0 Å². The predicted molar refractivity (Wildman–Crippen MR) is 98.7 cm³/mol. The van der Waals surface area contributed by atoms with Gasteiger partial charge in [-0.1, -0.05) is 30.7 Å². The molecule has 0 saturated carbocycles. The summed E-state index contributed by atoms with van der Waals surface area (Å²) in [7, 11) is 1.24. The zero-order valence-electron chi connectivity index (χ0n) is 13.9. The molecule has 0 radical (unpaired) electrons. The molecule has 0 bridgehead atoms. The monoisotopic (exact) mass is 380 g/mol. The molecule has 0 atom stereocenters. The SMILES string of the molecule is CCC(=O)Nc1sc(C(=O)Nc2ccccc2Cl)c(C)c1C(=O)OC. The number of hydrogen-bond donors (Lipinski definition) is 2. The first-order chi connectivity index (χ1) is 11.9. The zero-order chi connectivity index (χ0) is 18.6. The molecule has 2 rings (SSSR count). The highest BCUT2D eigenvalue weighted by atomic mass is 35.5. The molecule has 1 aromatic carbocycles. The molecule has 0 spiro atoms. The first kappa shape index (κ1) is 19.0. The molecule has 0 aliphatic heterocycles. The summed E-state index contributed by atoms with van der Waals surface area (Å²) in [4.78, 5) is 36.6. The van der Waals surface area contributed by atoms with Gasteiger partial charge in [0.2, 0.25) is 5.91 Å². The van der Waals surface area contributed by atoms with Crippen LogP contribution in [0.2, 0.25) is 5.02 Å². The Bertz CT molecular complexity index is 832. The number of ether oxygens (including phenoxy) is 1. The van der Waals surface area contributed by atoms with Crippen LogP contribution in [-0.2, 0) is 9.53 Å². The van der Waals surface area contributed by atoms with Crippen molar-refractivity contribution in [2.24, 2.45) is 0 Å². The molecule has 1 heterocycles. The molecule has 2 amide bonds. The van der Waals surface area contributed by atoms with E-state index < -0.39 is 11.9 Å². The maximum absolute atomic E-state index is 12.6. The van der Waals surface area contributed by atoms with Crippen LogP contribution in [0.4, 0.5) is 10.7 Å². The summed E-state index contributed by atoms with van der Waals surface area (Å²) in [6.07, 6.45) is 0.249. The average molecular weight is 381 g/mol. The van der Waals surface area contributed by atoms with Gasteiger partial charge < -0.3 is 15.4 Å². The minimum Gasteiger partial charge on any atom is -0.465 e. The van der Waals surface area contributed by atoms with E-state index in [1.165, 1.54) is 7.11 Å². The van der Waals surface area contributed by atoms with Gasteiger partial charge >= 0.3 is 5.97 Å². The minimum atomic E-state index is -0.614. The van der Waals surface area contributed by atoms with Crippen molar-refractivity contribution < 1.29 is 19.1 Å². The second-order valence-electron chi connectivity index (χ2n) is 5.09. The number of amides is 2. The van der Waals surface area contributed by atoms with Crippen LogP contribution >= 0.6 is 22.9 Å². The second kappa shape index (κ2) is 8.13. The lowest BCUT2D eigenvalue weighted by Crippen LogP contribution is -2.13. The highest BCUT2D eigenvalue weighted by Gasteiger charge is 2.26. The first-order valence-corrected chi connectivity index (χ1v) is 8.65. The van der Waals surface area contributed by atoms with E-state index in [-0.39, 0.29) is 17.9 Å². The normalized spacial score (nSPS) is 10.2. The van der Waals surface area contributed by atoms with Gasteiger partial charge in [-0.3, -0.25) is 9.59 Å². The number of para-hydroxylation sites is 1. The van der Waals surface area contributed by atoms with Crippen molar-refractivity contribution in [1.82, 2.24) is 0 Å². The molecule has 0 unspecified atom stereocenters. The summed E-state index contributed by atoms with van der Waals surface area (Å²) in [5, 5.41) is 6.04. The van der Waals surface area contributed by atoms with Crippen molar-refractivity contribution in [2.45, 2.75) is 20.3 Å². The third-order valence-electron chi connectivity index (χ3n) is 3.44. The van der Waals surface area contributed by atoms with Gasteiger partial charge in [0.1, 0.15) is 5.00 Å². The van der Waals surface area contributed by atoms with E-state index in [9.17, 15) is 14.4 Å². The molecule has 25 heavy (non-hydrogen) atoms. The quantitative estimate of drug-likeness (QED) is 0.765. The van der Waals surface area contributed by atoms with Crippen LogP contribution in [0.5, 0.6) is 0 Å². The molecule has 1 aromatic heterocycles. The number of benzene rings is 1. The van der Waals surface area contributed by atoms with Crippen LogP contribution in [0.3, 0.4) is 0 Å². The van der Waals surface area contributed by atoms with E-state index in [0.717, 1.165) is 11.3 Å². The summed E-state index contributed by atoms with van der Waals surface area (Å²) >= 11 is 7.07. The van der Waals surface area contributed by atoms with Gasteiger partial charge in [0.25, 0.3) is 5.91 Å². The van der Waals surface area contributed by atoms with Crippen molar-refractivity contribution in [3.05, 3.63) is 45.3 Å². The van der Waals surface area contributed by atoms with Gasteiger partial charge in [-0.05, 0) is 24.6 Å². The predicted octanol–water partition coefficient (Wildman–Crippen LogP) is 4.10. The van der Waals surface area contributed by atoms with Gasteiger partial charge in [-0.25, -0.2) is 4.79 Å². The highest BCUT2D eigenvalue weighted by molar-refractivity contribution is 7.18. The summed E-state index contributed by atoms with van der Waals surface area (Å²) in [6, 6.07) is 6.83. The van der Waals surface area contributed by atoms with Crippen molar-refractivity contribution in [3.63, 3.8) is 0 Å². The van der Waals surface area contributed by atoms with E-state index in [0.29, 0.717) is 26.2 Å². The van der Waals surface area contributed by atoms with Gasteiger partial charge in [0.05, 0.1) is 28.3 Å². The molecule has 2 N–H and O–H groups in total. The Balaban J connectivity index is 2.40. The molecule has 6 nitrogen and oxygen atoms in total. The van der Waals surface area contributed by atoms with Crippen LogP contribution in [0.1, 0.15) is 38.9 Å². The van der Waals surface area contributed by atoms with Crippen LogP contribution < -0.4 is 10.6 Å². The van der Waals surface area contributed by atoms with Gasteiger partial charge in [0, 0.05) is 6.42 Å². The molecular formula is C17H17ClN2O4S. The Hall–Kier alpha value is -2.38. The van der Waals surface area contributed by atoms with E-state index in [1.807, 2.05) is 0 Å². The summed E-state index contributed by atoms with van der Waals surface area (Å²) < 4.78 is 4.77. The Kier molecular flexibility index (Phi) is 6.17. The average Bonchev–Trinajstić information content (AvgIpc) is 2.92. The third-order valence-corrected chi connectivity index (χ3v) is 4.97. The summed E-state index contributed by atoms with van der Waals surface area (Å²) in [6.45, 7) is 3.32. The number of hydrogen-bond acceptors (Lipinski definition) is 5. The van der Waals surface area contributed by atoms with E-state index >= 15 is 0 Å². The van der Waals surface area contributed by atoms with E-state index in [2.05, 4.69) is 10.6 Å². The van der Waals surface area contributed by atoms with Crippen LogP contribution in [0, 0.1) is 6.92 Å².